The van der Waals surface area contributed by atoms with Gasteiger partial charge in [0, 0.05) is 25.0 Å². The molecule has 0 bridgehead atoms. The third-order valence-electron chi connectivity index (χ3n) is 3.18. The molecule has 0 spiro atoms. The molecule has 0 aliphatic carbocycles. The van der Waals surface area contributed by atoms with E-state index < -0.39 is 0 Å². The summed E-state index contributed by atoms with van der Waals surface area (Å²) < 4.78 is 5.55. The monoisotopic (exact) mass is 251 g/mol. The van der Waals surface area contributed by atoms with Crippen molar-refractivity contribution in [2.75, 3.05) is 13.2 Å². The maximum atomic E-state index is 11.6. The van der Waals surface area contributed by atoms with Crippen molar-refractivity contribution in [3.05, 3.63) is 17.7 Å². The zero-order valence-electron chi connectivity index (χ0n) is 10.9. The number of hydrogen-bond donors (Lipinski definition) is 2. The number of amides is 1. The van der Waals surface area contributed by atoms with Crippen LogP contribution in [0.4, 0.5) is 0 Å². The van der Waals surface area contributed by atoms with E-state index in [1.54, 1.807) is 6.20 Å². The number of imidazole rings is 1. The van der Waals surface area contributed by atoms with Gasteiger partial charge in [-0.05, 0) is 39.0 Å². The fourth-order valence-electron chi connectivity index (χ4n) is 2.18. The second kappa shape index (κ2) is 6.54. The van der Waals surface area contributed by atoms with Gasteiger partial charge in [-0.3, -0.25) is 4.79 Å². The number of aromatic nitrogens is 2. The average Bonchev–Trinajstić information content (AvgIpc) is 2.99. The van der Waals surface area contributed by atoms with Crippen LogP contribution in [-0.4, -0.2) is 35.1 Å². The Kier molecular flexibility index (Phi) is 4.75. The lowest BCUT2D eigenvalue weighted by Crippen LogP contribution is -2.25. The summed E-state index contributed by atoms with van der Waals surface area (Å²) in [6, 6.07) is 0. The van der Waals surface area contributed by atoms with E-state index >= 15 is 0 Å². The van der Waals surface area contributed by atoms with Crippen LogP contribution in [0.3, 0.4) is 0 Å². The van der Waals surface area contributed by atoms with E-state index in [1.807, 2.05) is 6.92 Å². The Morgan fingerprint density at radius 1 is 1.61 bits per heavy atom. The Morgan fingerprint density at radius 3 is 3.17 bits per heavy atom. The smallest absolute Gasteiger partial charge is 0.287 e. The Morgan fingerprint density at radius 2 is 2.50 bits per heavy atom. The molecular weight excluding hydrogens is 230 g/mol. The third-order valence-corrected chi connectivity index (χ3v) is 3.18. The highest BCUT2D eigenvalue weighted by Gasteiger charge is 2.14. The van der Waals surface area contributed by atoms with Gasteiger partial charge in [-0.1, -0.05) is 0 Å². The highest BCUT2D eigenvalue weighted by atomic mass is 16.5. The molecule has 5 heteroatoms. The zero-order valence-corrected chi connectivity index (χ0v) is 10.9. The van der Waals surface area contributed by atoms with E-state index in [-0.39, 0.29) is 5.91 Å². The van der Waals surface area contributed by atoms with Crippen molar-refractivity contribution in [1.82, 2.24) is 15.3 Å². The lowest BCUT2D eigenvalue weighted by atomic mass is 10.1. The number of carbonyl (C=O) groups excluding carboxylic acids is 1. The van der Waals surface area contributed by atoms with Crippen molar-refractivity contribution >= 4 is 5.91 Å². The number of unbranched alkanes of at least 4 members (excludes halogenated alkanes) is 1. The number of nitrogens with one attached hydrogen (secondary N) is 2. The second-order valence-corrected chi connectivity index (χ2v) is 4.80. The Labute approximate surface area is 107 Å². The van der Waals surface area contributed by atoms with Gasteiger partial charge in [-0.25, -0.2) is 4.98 Å². The van der Waals surface area contributed by atoms with Crippen LogP contribution in [0.15, 0.2) is 6.20 Å². The molecule has 1 aromatic rings. The number of rotatable bonds is 6. The predicted octanol–water partition coefficient (Wildman–Crippen LogP) is 1.80. The van der Waals surface area contributed by atoms with Crippen molar-refractivity contribution in [2.24, 2.45) is 0 Å². The molecule has 2 heterocycles. The van der Waals surface area contributed by atoms with E-state index in [1.165, 1.54) is 12.8 Å². The topological polar surface area (TPSA) is 67.0 Å². The van der Waals surface area contributed by atoms with Crippen LogP contribution in [0.1, 0.15) is 48.4 Å². The van der Waals surface area contributed by atoms with Crippen molar-refractivity contribution in [3.8, 4) is 0 Å². The Hall–Kier alpha value is -1.36. The quantitative estimate of drug-likeness (QED) is 0.758. The molecule has 0 unspecified atom stereocenters. The molecule has 100 valence electrons. The van der Waals surface area contributed by atoms with Gasteiger partial charge in [0.15, 0.2) is 5.82 Å². The van der Waals surface area contributed by atoms with Crippen LogP contribution in [0, 0.1) is 6.92 Å². The minimum Gasteiger partial charge on any atom is -0.378 e. The lowest BCUT2D eigenvalue weighted by molar-refractivity contribution is 0.0938. The highest BCUT2D eigenvalue weighted by Crippen LogP contribution is 2.17. The summed E-state index contributed by atoms with van der Waals surface area (Å²) in [6.45, 7) is 3.50. The molecule has 0 saturated carbocycles. The number of hydrogen-bond acceptors (Lipinski definition) is 3. The first-order valence-corrected chi connectivity index (χ1v) is 6.67. The molecule has 1 aliphatic heterocycles. The van der Waals surface area contributed by atoms with E-state index in [2.05, 4.69) is 15.3 Å². The largest absolute Gasteiger partial charge is 0.378 e. The molecular formula is C13H21N3O2. The number of aromatic amines is 1. The van der Waals surface area contributed by atoms with Gasteiger partial charge in [-0.15, -0.1) is 0 Å². The van der Waals surface area contributed by atoms with E-state index in [0.717, 1.165) is 31.6 Å². The second-order valence-electron chi connectivity index (χ2n) is 4.80. The van der Waals surface area contributed by atoms with Crippen LogP contribution in [0.2, 0.25) is 0 Å². The molecule has 5 nitrogen and oxygen atoms in total. The highest BCUT2D eigenvalue weighted by molar-refractivity contribution is 5.90. The molecule has 2 N–H and O–H groups in total. The van der Waals surface area contributed by atoms with E-state index in [9.17, 15) is 4.79 Å². The van der Waals surface area contributed by atoms with Crippen LogP contribution in [0.25, 0.3) is 0 Å². The fraction of sp³-hybridized carbons (Fsp3) is 0.692. The number of aryl methyl sites for hydroxylation is 1. The fourth-order valence-corrected chi connectivity index (χ4v) is 2.18. The summed E-state index contributed by atoms with van der Waals surface area (Å²) in [5.74, 6) is 0.270. The summed E-state index contributed by atoms with van der Waals surface area (Å²) in [4.78, 5) is 18.6. The van der Waals surface area contributed by atoms with Gasteiger partial charge in [0.25, 0.3) is 5.91 Å². The number of H-pyrrole nitrogens is 1. The van der Waals surface area contributed by atoms with Crippen molar-refractivity contribution in [1.29, 1.82) is 0 Å². The van der Waals surface area contributed by atoms with Crippen LogP contribution < -0.4 is 5.32 Å². The maximum absolute atomic E-state index is 11.6. The zero-order chi connectivity index (χ0) is 12.8. The molecule has 1 aromatic heterocycles. The van der Waals surface area contributed by atoms with Crippen LogP contribution in [-0.2, 0) is 4.74 Å². The first-order valence-electron chi connectivity index (χ1n) is 6.67. The molecule has 0 aromatic carbocycles. The molecule has 0 radical (unpaired) electrons. The SMILES string of the molecule is Cc1cnc(C(=O)NCCCC[C@@H]2CCCO2)[nH]1. The first-order chi connectivity index (χ1) is 8.75. The standard InChI is InChI=1S/C13H21N3O2/c1-10-9-15-12(16-10)13(17)14-7-3-2-5-11-6-4-8-18-11/h9,11H,2-8H2,1H3,(H,14,17)(H,15,16)/t11-/m1/s1. The predicted molar refractivity (Wildman–Crippen MR) is 68.5 cm³/mol. The summed E-state index contributed by atoms with van der Waals surface area (Å²) in [6.07, 6.45) is 7.70. The molecule has 1 amide bonds. The minimum absolute atomic E-state index is 0.125. The van der Waals surface area contributed by atoms with Gasteiger partial charge < -0.3 is 15.0 Å². The minimum atomic E-state index is -0.125. The normalized spacial score (nSPS) is 19.1. The number of ether oxygens (including phenoxy) is 1. The molecule has 2 rings (SSSR count). The van der Waals surface area contributed by atoms with Crippen molar-refractivity contribution in [2.45, 2.75) is 45.1 Å². The van der Waals surface area contributed by atoms with E-state index in [0.29, 0.717) is 18.5 Å². The van der Waals surface area contributed by atoms with Gasteiger partial charge in [0.1, 0.15) is 0 Å². The van der Waals surface area contributed by atoms with Gasteiger partial charge >= 0.3 is 0 Å². The molecule has 1 fully saturated rings. The Bertz CT molecular complexity index is 383. The summed E-state index contributed by atoms with van der Waals surface area (Å²) in [5.41, 5.74) is 0.901. The van der Waals surface area contributed by atoms with Crippen molar-refractivity contribution < 1.29 is 9.53 Å². The molecule has 18 heavy (non-hydrogen) atoms. The van der Waals surface area contributed by atoms with Gasteiger partial charge in [0.05, 0.1) is 6.10 Å². The first kappa shape index (κ1) is 13.1. The average molecular weight is 251 g/mol. The van der Waals surface area contributed by atoms with Crippen molar-refractivity contribution in [3.63, 3.8) is 0 Å². The molecule has 1 aliphatic rings. The van der Waals surface area contributed by atoms with Crippen LogP contribution >= 0.6 is 0 Å². The van der Waals surface area contributed by atoms with Gasteiger partial charge in [-0.2, -0.15) is 0 Å². The molecule has 1 saturated heterocycles. The molecule has 1 atom stereocenters. The van der Waals surface area contributed by atoms with Gasteiger partial charge in [0.2, 0.25) is 0 Å². The van der Waals surface area contributed by atoms with Crippen LogP contribution in [0.5, 0.6) is 0 Å². The Balaban J connectivity index is 1.56. The number of carbonyl (C=O) groups is 1. The maximum Gasteiger partial charge on any atom is 0.287 e. The summed E-state index contributed by atoms with van der Waals surface area (Å²) >= 11 is 0. The number of nitrogens with zero attached hydrogens (tertiary/aromatic N) is 1. The lowest BCUT2D eigenvalue weighted by Gasteiger charge is -2.08. The third kappa shape index (κ3) is 3.84. The van der Waals surface area contributed by atoms with E-state index in [4.69, 9.17) is 4.74 Å². The summed E-state index contributed by atoms with van der Waals surface area (Å²) in [7, 11) is 0. The summed E-state index contributed by atoms with van der Waals surface area (Å²) in [5, 5.41) is 2.86.